The average molecular weight is 451 g/mol. The van der Waals surface area contributed by atoms with Gasteiger partial charge < -0.3 is 19.8 Å². The van der Waals surface area contributed by atoms with Crippen LogP contribution in [0, 0.1) is 20.9 Å². The van der Waals surface area contributed by atoms with E-state index in [4.69, 9.17) is 0 Å². The largest absolute Gasteiger partial charge is 4.00 e. The van der Waals surface area contributed by atoms with Crippen LogP contribution in [0.2, 0.25) is 0 Å². The second-order valence-electron chi connectivity index (χ2n) is 7.10. The number of fused-ring (bicyclic) bond motifs is 3. The van der Waals surface area contributed by atoms with Crippen molar-refractivity contribution in [1.29, 1.82) is 0 Å². The predicted octanol–water partition coefficient (Wildman–Crippen LogP) is 7.54. The van der Waals surface area contributed by atoms with Gasteiger partial charge in [0.05, 0.1) is 0 Å². The van der Waals surface area contributed by atoms with Crippen molar-refractivity contribution in [3.05, 3.63) is 87.7 Å². The summed E-state index contributed by atoms with van der Waals surface area (Å²) in [4.78, 5) is 2.47. The van der Waals surface area contributed by atoms with E-state index >= 15 is 0 Å². The van der Waals surface area contributed by atoms with E-state index in [1.807, 2.05) is 12.2 Å². The molecular weight excluding hydrogens is 418 g/mol. The predicted molar refractivity (Wildman–Crippen MR) is 124 cm³/mol. The van der Waals surface area contributed by atoms with Crippen molar-refractivity contribution in [1.82, 2.24) is 0 Å². The molecule has 0 heterocycles. The Morgan fingerprint density at radius 3 is 2.07 bits per heavy atom. The molecule has 0 spiro atoms. The van der Waals surface area contributed by atoms with E-state index in [9.17, 15) is 0 Å². The maximum absolute atomic E-state index is 2.99. The molecule has 28 heavy (non-hydrogen) atoms. The van der Waals surface area contributed by atoms with Gasteiger partial charge in [0, 0.05) is 17.8 Å². The van der Waals surface area contributed by atoms with Gasteiger partial charge in [0.15, 0.2) is 0 Å². The maximum atomic E-state index is 2.99. The molecular formula is C26H33NZr. The first-order chi connectivity index (χ1) is 12.1. The fraction of sp³-hybridized carbons (Fsp3) is 0.269. The summed E-state index contributed by atoms with van der Waals surface area (Å²) in [6.45, 7) is 9.02. The number of rotatable bonds is 3. The van der Waals surface area contributed by atoms with Gasteiger partial charge in [-0.1, -0.05) is 36.4 Å². The first-order valence-corrected chi connectivity index (χ1v) is 9.16. The Hall–Kier alpha value is -1.53. The Labute approximate surface area is 191 Å². The first kappa shape index (κ1) is 26.5. The van der Waals surface area contributed by atoms with Crippen LogP contribution in [0.3, 0.4) is 0 Å². The van der Waals surface area contributed by atoms with Crippen LogP contribution < -0.4 is 4.90 Å². The molecule has 0 N–H and O–H groups in total. The minimum Gasteiger partial charge on any atom is -0.373 e. The number of hydrogen-bond donors (Lipinski definition) is 0. The zero-order valence-electron chi connectivity index (χ0n) is 18.2. The first-order valence-electron chi connectivity index (χ1n) is 9.16. The number of anilines is 1. The molecule has 0 fully saturated rings. The molecule has 0 aliphatic heterocycles. The van der Waals surface area contributed by atoms with Crippen LogP contribution in [0.1, 0.15) is 34.1 Å². The van der Waals surface area contributed by atoms with Crippen molar-refractivity contribution in [3.8, 4) is 0 Å². The summed E-state index contributed by atoms with van der Waals surface area (Å²) < 4.78 is 0. The van der Waals surface area contributed by atoms with Crippen molar-refractivity contribution >= 4 is 27.2 Å². The van der Waals surface area contributed by atoms with Crippen LogP contribution in [0.25, 0.3) is 21.5 Å². The summed E-state index contributed by atoms with van der Waals surface area (Å²) in [5.41, 5.74) is 1.32. The summed E-state index contributed by atoms with van der Waals surface area (Å²) in [7, 11) is 0. The van der Waals surface area contributed by atoms with E-state index in [1.54, 1.807) is 0 Å². The Morgan fingerprint density at radius 1 is 0.893 bits per heavy atom. The Bertz CT molecular complexity index is 881. The third kappa shape index (κ3) is 5.98. The van der Waals surface area contributed by atoms with Crippen LogP contribution in [0.4, 0.5) is 5.69 Å². The molecule has 0 saturated carbocycles. The Balaban J connectivity index is 0.000000801. The fourth-order valence-electron chi connectivity index (χ4n) is 3.64. The molecule has 0 amide bonds. The van der Waals surface area contributed by atoms with Crippen molar-refractivity contribution in [2.24, 2.45) is 0 Å². The summed E-state index contributed by atoms with van der Waals surface area (Å²) >= 11 is 0. The quantitative estimate of drug-likeness (QED) is 0.373. The van der Waals surface area contributed by atoms with Crippen LogP contribution in [0.15, 0.2) is 66.8 Å². The summed E-state index contributed by atoms with van der Waals surface area (Å²) in [5.74, 6) is 0. The maximum Gasteiger partial charge on any atom is 4.00 e. The van der Waals surface area contributed by atoms with Gasteiger partial charge in [0.2, 0.25) is 0 Å². The van der Waals surface area contributed by atoms with Crippen LogP contribution >= 0.6 is 0 Å². The van der Waals surface area contributed by atoms with Gasteiger partial charge in [-0.2, -0.15) is 6.08 Å². The van der Waals surface area contributed by atoms with Crippen LogP contribution in [-0.4, -0.2) is 12.1 Å². The molecule has 1 aliphatic carbocycles. The second-order valence-corrected chi connectivity index (χ2v) is 7.10. The second kappa shape index (κ2) is 12.1. The zero-order chi connectivity index (χ0) is 17.8. The van der Waals surface area contributed by atoms with Gasteiger partial charge in [-0.25, -0.2) is 12.2 Å². The third-order valence-corrected chi connectivity index (χ3v) is 4.59. The summed E-state index contributed by atoms with van der Waals surface area (Å²) in [6.07, 6.45) is 10.0. The minimum absolute atomic E-state index is 0. The van der Waals surface area contributed by atoms with E-state index < -0.39 is 0 Å². The molecule has 1 nitrogen and oxygen atoms in total. The Kier molecular flexibility index (Phi) is 11.5. The van der Waals surface area contributed by atoms with E-state index in [0.29, 0.717) is 12.1 Å². The molecule has 0 aromatic heterocycles. The van der Waals surface area contributed by atoms with Gasteiger partial charge in [-0.05, 0) is 27.7 Å². The van der Waals surface area contributed by atoms with Crippen LogP contribution in [-0.2, 0) is 26.2 Å². The molecule has 0 unspecified atom stereocenters. The van der Waals surface area contributed by atoms with E-state index in [0.717, 1.165) is 6.42 Å². The fourth-order valence-corrected chi connectivity index (χ4v) is 3.64. The van der Waals surface area contributed by atoms with Gasteiger partial charge in [0.1, 0.15) is 0 Å². The van der Waals surface area contributed by atoms with E-state index in [-0.39, 0.29) is 41.1 Å². The number of benzene rings is 2. The van der Waals surface area contributed by atoms with Crippen molar-refractivity contribution in [2.45, 2.75) is 46.2 Å². The summed E-state index contributed by atoms with van der Waals surface area (Å²) in [6, 6.07) is 18.8. The molecule has 3 aromatic rings. The average Bonchev–Trinajstić information content (AvgIpc) is 3.25. The van der Waals surface area contributed by atoms with Crippen molar-refractivity contribution in [3.63, 3.8) is 0 Å². The molecule has 0 saturated heterocycles. The summed E-state index contributed by atoms with van der Waals surface area (Å²) in [5, 5.41) is 5.39. The molecule has 0 atom stereocenters. The molecule has 3 aromatic carbocycles. The zero-order valence-corrected chi connectivity index (χ0v) is 20.6. The van der Waals surface area contributed by atoms with E-state index in [2.05, 4.69) is 93.3 Å². The van der Waals surface area contributed by atoms with Crippen molar-refractivity contribution < 1.29 is 26.2 Å². The normalized spacial score (nSPS) is 11.6. The third-order valence-electron chi connectivity index (χ3n) is 4.59. The molecule has 2 heteroatoms. The van der Waals surface area contributed by atoms with Crippen LogP contribution in [0.5, 0.6) is 0 Å². The smallest absolute Gasteiger partial charge is 0.373 e. The number of hydrogen-bond acceptors (Lipinski definition) is 1. The van der Waals surface area contributed by atoms with Gasteiger partial charge in [-0.15, -0.1) is 40.1 Å². The molecule has 146 valence electrons. The monoisotopic (exact) mass is 449 g/mol. The standard InChI is InChI=1S/C19H22N.C5H5.2CH3.Zr/c1-13(2)20(14(3)4)17-9-10-19-16(12-17)11-15-7-5-6-8-18(15)19;1-2-4-5-3-1;;;/h5-14H,1-4H3;1-3H,4H2;2*1H3;/q4*-1;+4. The molecule has 0 bridgehead atoms. The topological polar surface area (TPSA) is 3.24 Å². The molecule has 0 radical (unpaired) electrons. The van der Waals surface area contributed by atoms with Gasteiger partial charge >= 0.3 is 26.2 Å². The van der Waals surface area contributed by atoms with Crippen molar-refractivity contribution in [2.75, 3.05) is 4.90 Å². The minimum atomic E-state index is 0. The number of allylic oxidation sites excluding steroid dienone is 4. The molecule has 1 aliphatic rings. The molecule has 4 rings (SSSR count). The van der Waals surface area contributed by atoms with E-state index in [1.165, 1.54) is 27.2 Å². The van der Waals surface area contributed by atoms with Gasteiger partial charge in [0.25, 0.3) is 0 Å². The van der Waals surface area contributed by atoms with Gasteiger partial charge in [-0.3, -0.25) is 6.08 Å². The Morgan fingerprint density at radius 2 is 1.54 bits per heavy atom. The SMILES string of the molecule is CC(C)N(c1ccc2c(c1)[cH-]c1ccccc12)C(C)C.[C-]1=CC=CC1.[CH3-].[CH3-].[Zr+4]. The number of nitrogens with zero attached hydrogens (tertiary/aromatic N) is 1.